The van der Waals surface area contributed by atoms with Crippen LogP contribution < -0.4 is 10.2 Å². The lowest BCUT2D eigenvalue weighted by Crippen LogP contribution is -2.69. The number of rotatable bonds is 2. The predicted octanol–water partition coefficient (Wildman–Crippen LogP) is 0.497. The Morgan fingerprint density at radius 2 is 1.95 bits per heavy atom. The molecular weight excluding hydrogens is 244 g/mol. The van der Waals surface area contributed by atoms with E-state index >= 15 is 0 Å². The molecule has 1 aliphatic heterocycles. The van der Waals surface area contributed by atoms with Crippen LogP contribution in [0.1, 0.15) is 26.7 Å². The number of amides is 2. The van der Waals surface area contributed by atoms with Gasteiger partial charge in [0.25, 0.3) is 5.91 Å². The standard InChI is InChI=1S/C13H16N4O2/c1-8-11(18)16-13(2,9-3-4-9)12(19)17(8)10-5-14-7-15-6-10/h5-9H,3-4H2,1-2H3,(H,16,18). The molecule has 2 heterocycles. The van der Waals surface area contributed by atoms with Crippen molar-refractivity contribution >= 4 is 17.5 Å². The number of aromatic nitrogens is 2. The number of hydrogen-bond donors (Lipinski definition) is 1. The Kier molecular flexibility index (Phi) is 2.55. The predicted molar refractivity (Wildman–Crippen MR) is 68.3 cm³/mol. The minimum absolute atomic E-state index is 0.0723. The Labute approximate surface area is 111 Å². The Balaban J connectivity index is 2.01. The summed E-state index contributed by atoms with van der Waals surface area (Å²) >= 11 is 0. The fourth-order valence-corrected chi connectivity index (χ4v) is 2.65. The Morgan fingerprint density at radius 3 is 2.53 bits per heavy atom. The average Bonchev–Trinajstić information content (AvgIpc) is 3.23. The molecule has 1 aliphatic carbocycles. The van der Waals surface area contributed by atoms with Crippen molar-refractivity contribution in [1.29, 1.82) is 0 Å². The summed E-state index contributed by atoms with van der Waals surface area (Å²) in [7, 11) is 0. The van der Waals surface area contributed by atoms with E-state index in [9.17, 15) is 9.59 Å². The van der Waals surface area contributed by atoms with Crippen LogP contribution in [-0.4, -0.2) is 33.4 Å². The molecule has 0 aromatic carbocycles. The highest BCUT2D eigenvalue weighted by Crippen LogP contribution is 2.42. The summed E-state index contributed by atoms with van der Waals surface area (Å²) in [5.41, 5.74) is -0.221. The molecule has 2 unspecified atom stereocenters. The first-order chi connectivity index (χ1) is 9.04. The summed E-state index contributed by atoms with van der Waals surface area (Å²) in [4.78, 5) is 34.2. The fourth-order valence-electron chi connectivity index (χ4n) is 2.65. The van der Waals surface area contributed by atoms with Crippen molar-refractivity contribution in [2.45, 2.75) is 38.3 Å². The molecule has 6 nitrogen and oxygen atoms in total. The van der Waals surface area contributed by atoms with Crippen molar-refractivity contribution in [3.05, 3.63) is 18.7 Å². The molecule has 1 aromatic heterocycles. The molecule has 1 saturated carbocycles. The van der Waals surface area contributed by atoms with E-state index in [0.717, 1.165) is 12.8 Å². The molecule has 1 saturated heterocycles. The van der Waals surface area contributed by atoms with Gasteiger partial charge < -0.3 is 5.32 Å². The van der Waals surface area contributed by atoms with Gasteiger partial charge in [0.05, 0.1) is 18.1 Å². The molecule has 6 heteroatoms. The zero-order valence-corrected chi connectivity index (χ0v) is 11.0. The van der Waals surface area contributed by atoms with Crippen LogP contribution in [0.3, 0.4) is 0 Å². The van der Waals surface area contributed by atoms with Gasteiger partial charge in [0.15, 0.2) is 0 Å². The topological polar surface area (TPSA) is 75.2 Å². The van der Waals surface area contributed by atoms with Crippen LogP contribution in [-0.2, 0) is 9.59 Å². The molecule has 100 valence electrons. The smallest absolute Gasteiger partial charge is 0.253 e. The minimum atomic E-state index is -0.792. The summed E-state index contributed by atoms with van der Waals surface area (Å²) in [6, 6.07) is -0.537. The van der Waals surface area contributed by atoms with Crippen LogP contribution in [0, 0.1) is 5.92 Å². The van der Waals surface area contributed by atoms with Gasteiger partial charge in [0.1, 0.15) is 17.9 Å². The van der Waals surface area contributed by atoms with Gasteiger partial charge in [0, 0.05) is 0 Å². The molecule has 2 atom stereocenters. The van der Waals surface area contributed by atoms with E-state index in [1.807, 2.05) is 6.92 Å². The highest BCUT2D eigenvalue weighted by Gasteiger charge is 2.54. The van der Waals surface area contributed by atoms with Crippen LogP contribution in [0.15, 0.2) is 18.7 Å². The molecule has 0 bridgehead atoms. The lowest BCUT2D eigenvalue weighted by Gasteiger charge is -2.43. The molecule has 19 heavy (non-hydrogen) atoms. The van der Waals surface area contributed by atoms with Crippen LogP contribution in [0.2, 0.25) is 0 Å². The van der Waals surface area contributed by atoms with Crippen LogP contribution in [0.25, 0.3) is 0 Å². The van der Waals surface area contributed by atoms with Crippen molar-refractivity contribution < 1.29 is 9.59 Å². The zero-order chi connectivity index (χ0) is 13.6. The van der Waals surface area contributed by atoms with E-state index in [1.54, 1.807) is 19.3 Å². The van der Waals surface area contributed by atoms with E-state index in [2.05, 4.69) is 15.3 Å². The van der Waals surface area contributed by atoms with Crippen LogP contribution in [0.4, 0.5) is 5.69 Å². The van der Waals surface area contributed by atoms with E-state index in [0.29, 0.717) is 5.69 Å². The van der Waals surface area contributed by atoms with Gasteiger partial charge in [-0.25, -0.2) is 9.97 Å². The molecule has 3 rings (SSSR count). The number of nitrogens with zero attached hydrogens (tertiary/aromatic N) is 3. The molecule has 2 fully saturated rings. The first-order valence-electron chi connectivity index (χ1n) is 6.45. The second-order valence-electron chi connectivity index (χ2n) is 5.41. The molecular formula is C13H16N4O2. The van der Waals surface area contributed by atoms with Gasteiger partial charge in [-0.3, -0.25) is 14.5 Å². The van der Waals surface area contributed by atoms with E-state index in [4.69, 9.17) is 0 Å². The second-order valence-corrected chi connectivity index (χ2v) is 5.41. The zero-order valence-electron chi connectivity index (χ0n) is 11.0. The van der Waals surface area contributed by atoms with E-state index in [1.165, 1.54) is 11.2 Å². The minimum Gasteiger partial charge on any atom is -0.340 e. The number of nitrogens with one attached hydrogen (secondary N) is 1. The number of hydrogen-bond acceptors (Lipinski definition) is 4. The number of carbonyl (C=O) groups excluding carboxylic acids is 2. The number of carbonyl (C=O) groups is 2. The van der Waals surface area contributed by atoms with Crippen molar-refractivity contribution in [1.82, 2.24) is 15.3 Å². The lowest BCUT2D eigenvalue weighted by atomic mass is 9.89. The van der Waals surface area contributed by atoms with Crippen LogP contribution >= 0.6 is 0 Å². The highest BCUT2D eigenvalue weighted by atomic mass is 16.2. The lowest BCUT2D eigenvalue weighted by molar-refractivity contribution is -0.138. The van der Waals surface area contributed by atoms with Gasteiger partial charge in [-0.05, 0) is 32.6 Å². The largest absolute Gasteiger partial charge is 0.340 e. The van der Waals surface area contributed by atoms with Gasteiger partial charge in [-0.2, -0.15) is 0 Å². The van der Waals surface area contributed by atoms with Crippen molar-refractivity contribution in [3.63, 3.8) is 0 Å². The van der Waals surface area contributed by atoms with Gasteiger partial charge in [0.2, 0.25) is 5.91 Å². The third-order valence-electron chi connectivity index (χ3n) is 4.03. The van der Waals surface area contributed by atoms with Crippen LogP contribution in [0.5, 0.6) is 0 Å². The molecule has 2 amide bonds. The van der Waals surface area contributed by atoms with Crippen molar-refractivity contribution in [2.75, 3.05) is 4.90 Å². The quantitative estimate of drug-likeness (QED) is 0.840. The maximum absolute atomic E-state index is 12.7. The number of anilines is 1. The second kappa shape index (κ2) is 4.01. The maximum atomic E-state index is 12.7. The fraction of sp³-hybridized carbons (Fsp3) is 0.538. The molecule has 0 radical (unpaired) electrons. The van der Waals surface area contributed by atoms with E-state index < -0.39 is 11.6 Å². The first-order valence-corrected chi connectivity index (χ1v) is 6.45. The summed E-state index contributed by atoms with van der Waals surface area (Å²) in [6.45, 7) is 3.53. The molecule has 1 N–H and O–H groups in total. The van der Waals surface area contributed by atoms with E-state index in [-0.39, 0.29) is 17.7 Å². The SMILES string of the molecule is CC1C(=O)NC(C)(C2CC2)C(=O)N1c1cncnc1. The highest BCUT2D eigenvalue weighted by molar-refractivity contribution is 6.10. The van der Waals surface area contributed by atoms with Gasteiger partial charge in [-0.15, -0.1) is 0 Å². The maximum Gasteiger partial charge on any atom is 0.253 e. The summed E-state index contributed by atoms with van der Waals surface area (Å²) in [6.07, 6.45) is 6.50. The third kappa shape index (κ3) is 1.78. The Morgan fingerprint density at radius 1 is 1.32 bits per heavy atom. The summed E-state index contributed by atoms with van der Waals surface area (Å²) < 4.78 is 0. The normalized spacial score (nSPS) is 31.3. The molecule has 1 aromatic rings. The molecule has 2 aliphatic rings. The van der Waals surface area contributed by atoms with Crippen molar-refractivity contribution in [3.8, 4) is 0 Å². The van der Waals surface area contributed by atoms with Gasteiger partial charge in [-0.1, -0.05) is 0 Å². The Hall–Kier alpha value is -1.98. The summed E-state index contributed by atoms with van der Waals surface area (Å²) in [5.74, 6) is 0.0401. The third-order valence-corrected chi connectivity index (χ3v) is 4.03. The number of piperazine rings is 1. The molecule has 0 spiro atoms. The monoisotopic (exact) mass is 260 g/mol. The first kappa shape index (κ1) is 12.1. The Bertz CT molecular complexity index is 529. The summed E-state index contributed by atoms with van der Waals surface area (Å²) in [5, 5.41) is 2.88. The van der Waals surface area contributed by atoms with Crippen molar-refractivity contribution in [2.24, 2.45) is 5.92 Å². The average molecular weight is 260 g/mol. The van der Waals surface area contributed by atoms with Gasteiger partial charge >= 0.3 is 0 Å².